The van der Waals surface area contributed by atoms with Crippen LogP contribution in [-0.4, -0.2) is 24.9 Å². The molecule has 4 nitrogen and oxygen atoms in total. The van der Waals surface area contributed by atoms with Gasteiger partial charge in [0.1, 0.15) is 5.82 Å². The fourth-order valence-electron chi connectivity index (χ4n) is 2.20. The highest BCUT2D eigenvalue weighted by Crippen LogP contribution is 2.11. The van der Waals surface area contributed by atoms with Gasteiger partial charge in [0.05, 0.1) is 5.92 Å². The molecule has 0 spiro atoms. The Bertz CT molecular complexity index is 502. The van der Waals surface area contributed by atoms with Gasteiger partial charge in [-0.3, -0.25) is 9.59 Å². The molecule has 0 aliphatic carbocycles. The third-order valence-electron chi connectivity index (χ3n) is 3.35. The van der Waals surface area contributed by atoms with Crippen LogP contribution in [-0.2, 0) is 16.0 Å². The lowest BCUT2D eigenvalue weighted by Crippen LogP contribution is -2.33. The van der Waals surface area contributed by atoms with Gasteiger partial charge in [0.2, 0.25) is 11.8 Å². The molecule has 1 aliphatic heterocycles. The molecule has 1 saturated heterocycles. The average molecular weight is 264 g/mol. The largest absolute Gasteiger partial charge is 0.355 e. The summed E-state index contributed by atoms with van der Waals surface area (Å²) in [5.41, 5.74) is 1.90. The van der Waals surface area contributed by atoms with Crippen LogP contribution >= 0.6 is 0 Å². The van der Waals surface area contributed by atoms with E-state index in [0.29, 0.717) is 19.5 Å². The molecule has 19 heavy (non-hydrogen) atoms. The standard InChI is InChI=1S/C14H17FN2O2/c1-9-6-12(15)3-2-10(9)4-5-16-14(19)11-7-13(18)17-8-11/h2-3,6,11H,4-5,7-8H2,1H3,(H,16,19)(H,17,18). The summed E-state index contributed by atoms with van der Waals surface area (Å²) in [5, 5.41) is 5.44. The van der Waals surface area contributed by atoms with E-state index in [2.05, 4.69) is 10.6 Å². The Balaban J connectivity index is 1.80. The molecular formula is C14H17FN2O2. The molecule has 0 saturated carbocycles. The first-order valence-corrected chi connectivity index (χ1v) is 6.35. The first kappa shape index (κ1) is 13.5. The van der Waals surface area contributed by atoms with Crippen molar-refractivity contribution in [2.75, 3.05) is 13.1 Å². The SMILES string of the molecule is Cc1cc(F)ccc1CCNC(=O)C1CNC(=O)C1. The maximum absolute atomic E-state index is 12.9. The molecule has 1 fully saturated rings. The van der Waals surface area contributed by atoms with Crippen molar-refractivity contribution in [3.05, 3.63) is 35.1 Å². The van der Waals surface area contributed by atoms with E-state index in [1.165, 1.54) is 12.1 Å². The van der Waals surface area contributed by atoms with Gasteiger partial charge in [-0.05, 0) is 36.6 Å². The van der Waals surface area contributed by atoms with Gasteiger partial charge in [-0.25, -0.2) is 4.39 Å². The molecule has 0 bridgehead atoms. The monoisotopic (exact) mass is 264 g/mol. The summed E-state index contributed by atoms with van der Waals surface area (Å²) in [4.78, 5) is 22.8. The molecule has 1 unspecified atom stereocenters. The number of carbonyl (C=O) groups excluding carboxylic acids is 2. The predicted octanol–water partition coefficient (Wildman–Crippen LogP) is 0.929. The van der Waals surface area contributed by atoms with Gasteiger partial charge in [0, 0.05) is 19.5 Å². The van der Waals surface area contributed by atoms with E-state index in [4.69, 9.17) is 0 Å². The van der Waals surface area contributed by atoms with Gasteiger partial charge in [0.25, 0.3) is 0 Å². The van der Waals surface area contributed by atoms with Crippen LogP contribution in [0, 0.1) is 18.7 Å². The number of hydrogen-bond donors (Lipinski definition) is 2. The fourth-order valence-corrected chi connectivity index (χ4v) is 2.20. The summed E-state index contributed by atoms with van der Waals surface area (Å²) in [6.07, 6.45) is 0.924. The van der Waals surface area contributed by atoms with Crippen LogP contribution in [0.15, 0.2) is 18.2 Å². The molecule has 102 valence electrons. The average Bonchev–Trinajstić information content (AvgIpc) is 2.78. The maximum atomic E-state index is 12.9. The van der Waals surface area contributed by atoms with E-state index in [1.807, 2.05) is 6.92 Å². The number of nitrogens with one attached hydrogen (secondary N) is 2. The Hall–Kier alpha value is -1.91. The van der Waals surface area contributed by atoms with Gasteiger partial charge < -0.3 is 10.6 Å². The van der Waals surface area contributed by atoms with Crippen LogP contribution < -0.4 is 10.6 Å². The molecule has 1 aromatic rings. The Kier molecular flexibility index (Phi) is 4.14. The van der Waals surface area contributed by atoms with Gasteiger partial charge in [-0.2, -0.15) is 0 Å². The second-order valence-corrected chi connectivity index (χ2v) is 4.82. The topological polar surface area (TPSA) is 58.2 Å². The first-order valence-electron chi connectivity index (χ1n) is 6.35. The molecular weight excluding hydrogens is 247 g/mol. The molecule has 2 rings (SSSR count). The van der Waals surface area contributed by atoms with Crippen molar-refractivity contribution >= 4 is 11.8 Å². The minimum Gasteiger partial charge on any atom is -0.355 e. The summed E-state index contributed by atoms with van der Waals surface area (Å²) in [7, 11) is 0. The van der Waals surface area contributed by atoms with Gasteiger partial charge in [0.15, 0.2) is 0 Å². The lowest BCUT2D eigenvalue weighted by Gasteiger charge is -2.10. The zero-order valence-corrected chi connectivity index (χ0v) is 10.8. The van der Waals surface area contributed by atoms with Crippen molar-refractivity contribution in [2.24, 2.45) is 5.92 Å². The van der Waals surface area contributed by atoms with Crippen molar-refractivity contribution in [2.45, 2.75) is 19.8 Å². The van der Waals surface area contributed by atoms with Crippen molar-refractivity contribution in [3.63, 3.8) is 0 Å². The predicted molar refractivity (Wildman–Crippen MR) is 69.0 cm³/mol. The molecule has 1 heterocycles. The third kappa shape index (κ3) is 3.53. The molecule has 0 aromatic heterocycles. The Morgan fingerprint density at radius 2 is 2.32 bits per heavy atom. The smallest absolute Gasteiger partial charge is 0.225 e. The number of rotatable bonds is 4. The normalized spacial score (nSPS) is 18.2. The zero-order chi connectivity index (χ0) is 13.8. The van der Waals surface area contributed by atoms with E-state index in [9.17, 15) is 14.0 Å². The van der Waals surface area contributed by atoms with E-state index in [1.54, 1.807) is 6.07 Å². The summed E-state index contributed by atoms with van der Waals surface area (Å²) in [6.45, 7) is 2.76. The second kappa shape index (κ2) is 5.82. The van der Waals surface area contributed by atoms with Crippen LogP contribution in [0.25, 0.3) is 0 Å². The Morgan fingerprint density at radius 3 is 2.95 bits per heavy atom. The molecule has 5 heteroatoms. The van der Waals surface area contributed by atoms with Gasteiger partial charge in [-0.1, -0.05) is 6.07 Å². The fraction of sp³-hybridized carbons (Fsp3) is 0.429. The molecule has 0 radical (unpaired) electrons. The molecule has 1 aromatic carbocycles. The van der Waals surface area contributed by atoms with Crippen LogP contribution in [0.4, 0.5) is 4.39 Å². The Labute approximate surface area is 111 Å². The number of aryl methyl sites for hydroxylation is 1. The molecule has 1 atom stereocenters. The van der Waals surface area contributed by atoms with E-state index < -0.39 is 0 Å². The summed E-state index contributed by atoms with van der Waals surface area (Å²) in [5.74, 6) is -0.685. The van der Waals surface area contributed by atoms with E-state index in [0.717, 1.165) is 11.1 Å². The number of carbonyl (C=O) groups is 2. The molecule has 1 aliphatic rings. The van der Waals surface area contributed by atoms with E-state index >= 15 is 0 Å². The number of amides is 2. The van der Waals surface area contributed by atoms with Crippen LogP contribution in [0.3, 0.4) is 0 Å². The minimum absolute atomic E-state index is 0.0745. The van der Waals surface area contributed by atoms with Crippen molar-refractivity contribution in [1.29, 1.82) is 0 Å². The molecule has 2 N–H and O–H groups in total. The highest BCUT2D eigenvalue weighted by molar-refractivity contribution is 5.89. The Morgan fingerprint density at radius 1 is 1.53 bits per heavy atom. The van der Waals surface area contributed by atoms with Crippen LogP contribution in [0.1, 0.15) is 17.5 Å². The first-order chi connectivity index (χ1) is 9.06. The van der Waals surface area contributed by atoms with E-state index in [-0.39, 0.29) is 30.0 Å². The summed E-state index contributed by atoms with van der Waals surface area (Å²) in [6, 6.07) is 4.64. The second-order valence-electron chi connectivity index (χ2n) is 4.82. The number of hydrogen-bond acceptors (Lipinski definition) is 2. The lowest BCUT2D eigenvalue weighted by molar-refractivity contribution is -0.126. The van der Waals surface area contributed by atoms with Gasteiger partial charge >= 0.3 is 0 Å². The quantitative estimate of drug-likeness (QED) is 0.850. The summed E-state index contributed by atoms with van der Waals surface area (Å²) < 4.78 is 12.9. The third-order valence-corrected chi connectivity index (χ3v) is 3.35. The van der Waals surface area contributed by atoms with Crippen LogP contribution in [0.2, 0.25) is 0 Å². The number of benzene rings is 1. The van der Waals surface area contributed by atoms with Crippen molar-refractivity contribution in [3.8, 4) is 0 Å². The van der Waals surface area contributed by atoms with Crippen molar-refractivity contribution in [1.82, 2.24) is 10.6 Å². The highest BCUT2D eigenvalue weighted by atomic mass is 19.1. The number of halogens is 1. The van der Waals surface area contributed by atoms with Gasteiger partial charge in [-0.15, -0.1) is 0 Å². The highest BCUT2D eigenvalue weighted by Gasteiger charge is 2.27. The minimum atomic E-state index is -0.262. The summed E-state index contributed by atoms with van der Waals surface area (Å²) >= 11 is 0. The van der Waals surface area contributed by atoms with Crippen molar-refractivity contribution < 1.29 is 14.0 Å². The zero-order valence-electron chi connectivity index (χ0n) is 10.8. The lowest BCUT2D eigenvalue weighted by atomic mass is 10.0. The maximum Gasteiger partial charge on any atom is 0.225 e. The van der Waals surface area contributed by atoms with Crippen LogP contribution in [0.5, 0.6) is 0 Å². The molecule has 2 amide bonds.